The molecule has 2 aliphatic rings. The Morgan fingerprint density at radius 1 is 0.933 bits per heavy atom. The van der Waals surface area contributed by atoms with Crippen LogP contribution in [0.15, 0.2) is 29.3 Å². The van der Waals surface area contributed by atoms with Crippen molar-refractivity contribution in [2.75, 3.05) is 46.3 Å². The van der Waals surface area contributed by atoms with Crippen LogP contribution in [0.1, 0.15) is 56.6 Å². The third-order valence-electron chi connectivity index (χ3n) is 6.37. The largest absolute Gasteiger partial charge is 0.356 e. The first-order valence-electron chi connectivity index (χ1n) is 11.7. The number of hydrogen-bond acceptors (Lipinski definition) is 3. The summed E-state index contributed by atoms with van der Waals surface area (Å²) in [4.78, 5) is 9.58. The lowest BCUT2D eigenvalue weighted by atomic mass is 9.97. The molecule has 0 saturated carbocycles. The number of piperidine rings is 2. The van der Waals surface area contributed by atoms with E-state index < -0.39 is 0 Å². The van der Waals surface area contributed by atoms with E-state index >= 15 is 0 Å². The highest BCUT2D eigenvalue weighted by Gasteiger charge is 2.18. The highest BCUT2D eigenvalue weighted by molar-refractivity contribution is 14.0. The van der Waals surface area contributed by atoms with Crippen LogP contribution < -0.4 is 10.6 Å². The predicted molar refractivity (Wildman–Crippen MR) is 139 cm³/mol. The minimum Gasteiger partial charge on any atom is -0.356 e. The molecule has 170 valence electrons. The fraction of sp³-hybridized carbons (Fsp3) is 0.708. The molecule has 2 heterocycles. The molecule has 3 rings (SSSR count). The maximum Gasteiger partial charge on any atom is 0.191 e. The number of likely N-dealkylation sites (tertiary alicyclic amines) is 2. The molecule has 0 aromatic heterocycles. The maximum atomic E-state index is 4.40. The topological polar surface area (TPSA) is 42.9 Å². The van der Waals surface area contributed by atoms with Crippen molar-refractivity contribution >= 4 is 29.9 Å². The van der Waals surface area contributed by atoms with Crippen LogP contribution in [0.3, 0.4) is 0 Å². The van der Waals surface area contributed by atoms with Crippen LogP contribution in [-0.2, 0) is 13.1 Å². The lowest BCUT2D eigenvalue weighted by molar-refractivity contribution is 0.185. The standard InChI is InChI=1S/C24H41N5.HI/c1-3-13-28-16-11-22(12-17-28)19-27-24(25-2)26-18-21-7-9-23(10-8-21)20-29-14-5-4-6-15-29;/h7-10,22H,3-6,11-20H2,1-2H3,(H2,25,26,27);1H. The summed E-state index contributed by atoms with van der Waals surface area (Å²) in [6.45, 7) is 11.4. The molecular formula is C24H42IN5. The number of aliphatic imine (C=N–C) groups is 1. The summed E-state index contributed by atoms with van der Waals surface area (Å²) in [7, 11) is 1.86. The fourth-order valence-electron chi connectivity index (χ4n) is 4.52. The van der Waals surface area contributed by atoms with Crippen molar-refractivity contribution in [2.45, 2.75) is 58.5 Å². The second kappa shape index (κ2) is 14.2. The Hall–Kier alpha value is -0.860. The van der Waals surface area contributed by atoms with E-state index in [0.29, 0.717) is 0 Å². The van der Waals surface area contributed by atoms with Crippen LogP contribution in [-0.4, -0.2) is 62.1 Å². The molecule has 2 saturated heterocycles. The molecule has 0 unspecified atom stereocenters. The van der Waals surface area contributed by atoms with E-state index in [-0.39, 0.29) is 24.0 Å². The van der Waals surface area contributed by atoms with E-state index in [1.54, 1.807) is 0 Å². The van der Waals surface area contributed by atoms with Crippen LogP contribution in [0.4, 0.5) is 0 Å². The predicted octanol–water partition coefficient (Wildman–Crippen LogP) is 4.08. The second-order valence-corrected chi connectivity index (χ2v) is 8.74. The molecule has 0 aliphatic carbocycles. The van der Waals surface area contributed by atoms with Gasteiger partial charge in [0, 0.05) is 26.7 Å². The van der Waals surface area contributed by atoms with Gasteiger partial charge >= 0.3 is 0 Å². The summed E-state index contributed by atoms with van der Waals surface area (Å²) >= 11 is 0. The molecule has 30 heavy (non-hydrogen) atoms. The number of hydrogen-bond donors (Lipinski definition) is 2. The second-order valence-electron chi connectivity index (χ2n) is 8.74. The van der Waals surface area contributed by atoms with Crippen LogP contribution in [0, 0.1) is 5.92 Å². The molecule has 0 amide bonds. The normalized spacial score (nSPS) is 19.3. The van der Waals surface area contributed by atoms with Crippen molar-refractivity contribution in [1.29, 1.82) is 0 Å². The highest BCUT2D eigenvalue weighted by Crippen LogP contribution is 2.16. The van der Waals surface area contributed by atoms with Gasteiger partial charge in [-0.25, -0.2) is 0 Å². The minimum absolute atomic E-state index is 0. The van der Waals surface area contributed by atoms with Crippen molar-refractivity contribution in [2.24, 2.45) is 10.9 Å². The molecule has 2 aliphatic heterocycles. The Balaban J connectivity index is 0.00000320. The van der Waals surface area contributed by atoms with Gasteiger partial charge < -0.3 is 15.5 Å². The summed E-state index contributed by atoms with van der Waals surface area (Å²) in [5.41, 5.74) is 2.73. The summed E-state index contributed by atoms with van der Waals surface area (Å²) < 4.78 is 0. The van der Waals surface area contributed by atoms with Crippen molar-refractivity contribution in [3.8, 4) is 0 Å². The molecule has 1 aromatic rings. The van der Waals surface area contributed by atoms with Crippen LogP contribution >= 0.6 is 24.0 Å². The molecule has 0 atom stereocenters. The number of nitrogens with zero attached hydrogens (tertiary/aromatic N) is 3. The first kappa shape index (κ1) is 25.4. The monoisotopic (exact) mass is 527 g/mol. The summed E-state index contributed by atoms with van der Waals surface area (Å²) in [5.74, 6) is 1.68. The summed E-state index contributed by atoms with van der Waals surface area (Å²) in [6.07, 6.45) is 7.95. The van der Waals surface area contributed by atoms with Crippen molar-refractivity contribution in [3.63, 3.8) is 0 Å². The molecule has 2 fully saturated rings. The number of benzene rings is 1. The van der Waals surface area contributed by atoms with Gasteiger partial charge in [0.2, 0.25) is 0 Å². The Kier molecular flexibility index (Phi) is 12.1. The zero-order valence-electron chi connectivity index (χ0n) is 19.0. The fourth-order valence-corrected chi connectivity index (χ4v) is 4.52. The van der Waals surface area contributed by atoms with Crippen molar-refractivity contribution < 1.29 is 0 Å². The zero-order valence-corrected chi connectivity index (χ0v) is 21.4. The average molecular weight is 528 g/mol. The van der Waals surface area contributed by atoms with Crippen LogP contribution in [0.5, 0.6) is 0 Å². The van der Waals surface area contributed by atoms with Gasteiger partial charge in [-0.1, -0.05) is 37.6 Å². The third kappa shape index (κ3) is 8.71. The van der Waals surface area contributed by atoms with E-state index in [2.05, 4.69) is 56.6 Å². The Morgan fingerprint density at radius 2 is 1.60 bits per heavy atom. The Morgan fingerprint density at radius 3 is 2.23 bits per heavy atom. The lowest BCUT2D eigenvalue weighted by Gasteiger charge is -2.32. The quantitative estimate of drug-likeness (QED) is 0.304. The zero-order chi connectivity index (χ0) is 20.3. The van der Waals surface area contributed by atoms with Gasteiger partial charge in [0.05, 0.1) is 0 Å². The maximum absolute atomic E-state index is 4.40. The number of guanidine groups is 1. The highest BCUT2D eigenvalue weighted by atomic mass is 127. The van der Waals surface area contributed by atoms with Gasteiger partial charge in [0.1, 0.15) is 0 Å². The Bertz CT molecular complexity index is 605. The molecule has 0 bridgehead atoms. The van der Waals surface area contributed by atoms with E-state index in [1.807, 2.05) is 7.05 Å². The average Bonchev–Trinajstić information content (AvgIpc) is 2.77. The third-order valence-corrected chi connectivity index (χ3v) is 6.37. The van der Waals surface area contributed by atoms with Crippen LogP contribution in [0.2, 0.25) is 0 Å². The molecule has 1 aromatic carbocycles. The summed E-state index contributed by atoms with van der Waals surface area (Å²) in [5, 5.41) is 7.01. The van der Waals surface area contributed by atoms with Gasteiger partial charge in [-0.05, 0) is 81.9 Å². The van der Waals surface area contributed by atoms with Crippen molar-refractivity contribution in [3.05, 3.63) is 35.4 Å². The summed E-state index contributed by atoms with van der Waals surface area (Å²) in [6, 6.07) is 9.07. The Labute approximate surface area is 201 Å². The SMILES string of the molecule is CCCN1CCC(CNC(=NC)NCc2ccc(CN3CCCCC3)cc2)CC1.I. The van der Waals surface area contributed by atoms with Gasteiger partial charge in [0.15, 0.2) is 5.96 Å². The van der Waals surface area contributed by atoms with E-state index in [4.69, 9.17) is 0 Å². The first-order chi connectivity index (χ1) is 14.3. The van der Waals surface area contributed by atoms with E-state index in [1.165, 1.54) is 82.4 Å². The number of rotatable bonds is 8. The van der Waals surface area contributed by atoms with E-state index in [0.717, 1.165) is 31.5 Å². The van der Waals surface area contributed by atoms with E-state index in [9.17, 15) is 0 Å². The molecule has 0 radical (unpaired) electrons. The minimum atomic E-state index is 0. The molecule has 2 N–H and O–H groups in total. The van der Waals surface area contributed by atoms with Gasteiger partial charge in [-0.3, -0.25) is 9.89 Å². The van der Waals surface area contributed by atoms with Crippen LogP contribution in [0.25, 0.3) is 0 Å². The molecular weight excluding hydrogens is 485 g/mol. The molecule has 0 spiro atoms. The number of halogens is 1. The number of nitrogens with one attached hydrogen (secondary N) is 2. The first-order valence-corrected chi connectivity index (χ1v) is 11.7. The van der Waals surface area contributed by atoms with Gasteiger partial charge in [0.25, 0.3) is 0 Å². The van der Waals surface area contributed by atoms with Gasteiger partial charge in [-0.2, -0.15) is 0 Å². The van der Waals surface area contributed by atoms with Crippen molar-refractivity contribution in [1.82, 2.24) is 20.4 Å². The lowest BCUT2D eigenvalue weighted by Crippen LogP contribution is -2.42. The molecule has 5 nitrogen and oxygen atoms in total. The molecule has 6 heteroatoms. The smallest absolute Gasteiger partial charge is 0.191 e. The van der Waals surface area contributed by atoms with Gasteiger partial charge in [-0.15, -0.1) is 24.0 Å².